The Balaban J connectivity index is 4.06. The lowest BCUT2D eigenvalue weighted by Gasteiger charge is -2.27. The molecule has 0 aromatic carbocycles. The van der Waals surface area contributed by atoms with Crippen LogP contribution in [0, 0.1) is 17.8 Å². The zero-order chi connectivity index (χ0) is 14.2. The van der Waals surface area contributed by atoms with Crippen LogP contribution in [0.5, 0.6) is 0 Å². The summed E-state index contributed by atoms with van der Waals surface area (Å²) in [7, 11) is 0. The van der Waals surface area contributed by atoms with Crippen LogP contribution in [0.1, 0.15) is 40.0 Å². The normalized spacial score (nSPS) is 12.3. The quantitative estimate of drug-likeness (QED) is 0.562. The molecule has 0 saturated carbocycles. The number of terminal acetylenes is 1. The van der Waals surface area contributed by atoms with Gasteiger partial charge in [0, 0.05) is 6.42 Å². The maximum atomic E-state index is 11.4. The van der Waals surface area contributed by atoms with Gasteiger partial charge in [-0.2, -0.15) is 0 Å². The Labute approximate surface area is 108 Å². The van der Waals surface area contributed by atoms with E-state index in [2.05, 4.69) is 11.2 Å². The Morgan fingerprint density at radius 2 is 2.00 bits per heavy atom. The fourth-order valence-corrected chi connectivity index (χ4v) is 1.30. The number of carboxylic acid groups (broad SMARTS) is 1. The van der Waals surface area contributed by atoms with Crippen LogP contribution in [0.25, 0.3) is 0 Å². The molecule has 0 heterocycles. The molecule has 0 bridgehead atoms. The van der Waals surface area contributed by atoms with Crippen LogP contribution in [0.15, 0.2) is 0 Å². The third-order valence-electron chi connectivity index (χ3n) is 2.32. The summed E-state index contributed by atoms with van der Waals surface area (Å²) in [6.07, 6.45) is 6.47. The summed E-state index contributed by atoms with van der Waals surface area (Å²) in [6.45, 7) is 5.45. The van der Waals surface area contributed by atoms with Crippen LogP contribution in [0.3, 0.4) is 0 Å². The zero-order valence-corrected chi connectivity index (χ0v) is 11.2. The molecular formula is C13H21NO4. The van der Waals surface area contributed by atoms with Gasteiger partial charge in [-0.25, -0.2) is 9.59 Å². The van der Waals surface area contributed by atoms with Crippen molar-refractivity contribution in [3.8, 4) is 12.3 Å². The number of unbranched alkanes of at least 4 members (excludes halogenated alkanes) is 2. The van der Waals surface area contributed by atoms with Gasteiger partial charge >= 0.3 is 12.1 Å². The van der Waals surface area contributed by atoms with E-state index in [1.54, 1.807) is 20.8 Å². The number of hydrogen-bond acceptors (Lipinski definition) is 3. The van der Waals surface area contributed by atoms with E-state index in [4.69, 9.17) is 16.3 Å². The summed E-state index contributed by atoms with van der Waals surface area (Å²) in [5, 5.41) is 11.4. The van der Waals surface area contributed by atoms with Gasteiger partial charge in [-0.1, -0.05) is 20.8 Å². The molecule has 0 aliphatic rings. The van der Waals surface area contributed by atoms with Crippen molar-refractivity contribution in [2.45, 2.75) is 46.1 Å². The Bertz CT molecular complexity index is 325. The molecule has 102 valence electrons. The van der Waals surface area contributed by atoms with Gasteiger partial charge in [0.15, 0.2) is 0 Å². The fourth-order valence-electron chi connectivity index (χ4n) is 1.30. The van der Waals surface area contributed by atoms with E-state index in [0.29, 0.717) is 12.8 Å². The highest BCUT2D eigenvalue weighted by Gasteiger charge is 2.32. The van der Waals surface area contributed by atoms with Crippen molar-refractivity contribution in [3.05, 3.63) is 0 Å². The predicted molar refractivity (Wildman–Crippen MR) is 68.0 cm³/mol. The minimum Gasteiger partial charge on any atom is -0.480 e. The van der Waals surface area contributed by atoms with E-state index in [-0.39, 0.29) is 6.61 Å². The minimum absolute atomic E-state index is 0.240. The van der Waals surface area contributed by atoms with Crippen molar-refractivity contribution in [2.75, 3.05) is 6.61 Å². The molecule has 0 aliphatic carbocycles. The van der Waals surface area contributed by atoms with Crippen LogP contribution in [-0.2, 0) is 9.53 Å². The Hall–Kier alpha value is -1.70. The lowest BCUT2D eigenvalue weighted by Crippen LogP contribution is -2.49. The SMILES string of the molecule is C#CCCCCOC(=O)N[C@H](C(=O)O)C(C)(C)C. The van der Waals surface area contributed by atoms with Crippen LogP contribution in [-0.4, -0.2) is 29.8 Å². The van der Waals surface area contributed by atoms with Crippen molar-refractivity contribution in [3.63, 3.8) is 0 Å². The second-order valence-electron chi connectivity index (χ2n) is 5.08. The summed E-state index contributed by atoms with van der Waals surface area (Å²) in [5.74, 6) is 1.41. The van der Waals surface area contributed by atoms with E-state index in [1.807, 2.05) is 0 Å². The lowest BCUT2D eigenvalue weighted by molar-refractivity contribution is -0.142. The van der Waals surface area contributed by atoms with Gasteiger partial charge < -0.3 is 15.2 Å². The van der Waals surface area contributed by atoms with Gasteiger partial charge in [-0.3, -0.25) is 0 Å². The molecule has 5 heteroatoms. The number of carbonyl (C=O) groups is 2. The fraction of sp³-hybridized carbons (Fsp3) is 0.692. The molecule has 1 amide bonds. The summed E-state index contributed by atoms with van der Waals surface area (Å²) < 4.78 is 4.88. The van der Waals surface area contributed by atoms with E-state index >= 15 is 0 Å². The first-order valence-electron chi connectivity index (χ1n) is 5.88. The van der Waals surface area contributed by atoms with Crippen LogP contribution in [0.2, 0.25) is 0 Å². The van der Waals surface area contributed by atoms with Gasteiger partial charge in [0.25, 0.3) is 0 Å². The van der Waals surface area contributed by atoms with E-state index < -0.39 is 23.5 Å². The Morgan fingerprint density at radius 3 is 2.44 bits per heavy atom. The van der Waals surface area contributed by atoms with Gasteiger partial charge in [0.1, 0.15) is 6.04 Å². The number of nitrogens with one attached hydrogen (secondary N) is 1. The molecule has 0 spiro atoms. The maximum absolute atomic E-state index is 11.4. The van der Waals surface area contributed by atoms with Crippen LogP contribution >= 0.6 is 0 Å². The van der Waals surface area contributed by atoms with Crippen LogP contribution < -0.4 is 5.32 Å². The highest BCUT2D eigenvalue weighted by Crippen LogP contribution is 2.19. The first-order valence-corrected chi connectivity index (χ1v) is 5.88. The smallest absolute Gasteiger partial charge is 0.407 e. The molecule has 0 unspecified atom stereocenters. The molecule has 5 nitrogen and oxygen atoms in total. The molecule has 0 fully saturated rings. The molecular weight excluding hydrogens is 234 g/mol. The Morgan fingerprint density at radius 1 is 1.39 bits per heavy atom. The van der Waals surface area contributed by atoms with E-state index in [0.717, 1.165) is 6.42 Å². The molecule has 0 saturated heterocycles. The number of aliphatic carboxylic acids is 1. The number of hydrogen-bond donors (Lipinski definition) is 2. The summed E-state index contributed by atoms with van der Waals surface area (Å²) in [6, 6.07) is -0.976. The minimum atomic E-state index is -1.08. The molecule has 2 N–H and O–H groups in total. The number of rotatable bonds is 6. The lowest BCUT2D eigenvalue weighted by atomic mass is 9.87. The van der Waals surface area contributed by atoms with Crippen LogP contribution in [0.4, 0.5) is 4.79 Å². The number of alkyl carbamates (subject to hydrolysis) is 1. The molecule has 0 aliphatic heterocycles. The first-order chi connectivity index (χ1) is 8.29. The molecule has 0 radical (unpaired) electrons. The van der Waals surface area contributed by atoms with Gasteiger partial charge in [0.05, 0.1) is 6.61 Å². The number of carbonyl (C=O) groups excluding carboxylic acids is 1. The number of amides is 1. The van der Waals surface area contributed by atoms with Crippen molar-refractivity contribution in [1.29, 1.82) is 0 Å². The molecule has 0 aromatic rings. The van der Waals surface area contributed by atoms with Gasteiger partial charge in [-0.05, 0) is 18.3 Å². The molecule has 18 heavy (non-hydrogen) atoms. The third kappa shape index (κ3) is 6.79. The second kappa shape index (κ2) is 7.59. The van der Waals surface area contributed by atoms with Gasteiger partial charge in [0.2, 0.25) is 0 Å². The van der Waals surface area contributed by atoms with Crippen molar-refractivity contribution >= 4 is 12.1 Å². The van der Waals surface area contributed by atoms with Crippen molar-refractivity contribution in [2.24, 2.45) is 5.41 Å². The molecule has 0 rings (SSSR count). The van der Waals surface area contributed by atoms with Crippen molar-refractivity contribution < 1.29 is 19.4 Å². The summed E-state index contributed by atoms with van der Waals surface area (Å²) in [5.41, 5.74) is -0.575. The number of carboxylic acids is 1. The third-order valence-corrected chi connectivity index (χ3v) is 2.32. The summed E-state index contributed by atoms with van der Waals surface area (Å²) in [4.78, 5) is 22.4. The van der Waals surface area contributed by atoms with E-state index in [9.17, 15) is 9.59 Å². The first kappa shape index (κ1) is 16.3. The standard InChI is InChI=1S/C13H21NO4/c1-5-6-7-8-9-18-12(17)14-10(11(15)16)13(2,3)4/h1,10H,6-9H2,2-4H3,(H,14,17)(H,15,16)/t10-/m1/s1. The van der Waals surface area contributed by atoms with E-state index in [1.165, 1.54) is 0 Å². The topological polar surface area (TPSA) is 75.6 Å². The van der Waals surface area contributed by atoms with Crippen molar-refractivity contribution in [1.82, 2.24) is 5.32 Å². The average Bonchev–Trinajstić information content (AvgIpc) is 2.23. The largest absolute Gasteiger partial charge is 0.480 e. The zero-order valence-electron chi connectivity index (χ0n) is 11.2. The predicted octanol–water partition coefficient (Wildman–Crippen LogP) is 2.02. The molecule has 0 aromatic heterocycles. The highest BCUT2D eigenvalue weighted by molar-refractivity contribution is 5.80. The maximum Gasteiger partial charge on any atom is 0.407 e. The number of ether oxygens (including phenoxy) is 1. The van der Waals surface area contributed by atoms with Gasteiger partial charge in [-0.15, -0.1) is 12.3 Å². The summed E-state index contributed by atoms with van der Waals surface area (Å²) >= 11 is 0. The average molecular weight is 255 g/mol. The monoisotopic (exact) mass is 255 g/mol. The second-order valence-corrected chi connectivity index (χ2v) is 5.08. The Kier molecular flexibility index (Phi) is 6.88. The highest BCUT2D eigenvalue weighted by atomic mass is 16.5. The molecule has 1 atom stereocenters.